The highest BCUT2D eigenvalue weighted by atomic mass is 32.2. The summed E-state index contributed by atoms with van der Waals surface area (Å²) >= 11 is 0. The van der Waals surface area contributed by atoms with E-state index in [1.165, 1.54) is 0 Å². The molecule has 2 aromatic carbocycles. The van der Waals surface area contributed by atoms with Gasteiger partial charge >= 0.3 is 6.03 Å². The second kappa shape index (κ2) is 5.88. The Kier molecular flexibility index (Phi) is 3.80. The van der Waals surface area contributed by atoms with E-state index in [1.807, 2.05) is 61.5 Å². The average molecular weight is 356 g/mol. The van der Waals surface area contributed by atoms with Crippen molar-refractivity contribution in [2.75, 3.05) is 21.3 Å². The predicted octanol–water partition coefficient (Wildman–Crippen LogP) is 2.86. The van der Waals surface area contributed by atoms with Gasteiger partial charge in [-0.15, -0.1) is 0 Å². The standard InChI is InChI=1S/C19H20N2O3S/c1-2-14-8-6-7-11-16(14)21-18-13-25(23,24)12-17(18)20(19(21)22)15-9-4-3-5-10-15/h3-11,17-18H,2,12-13H2,1H3. The lowest BCUT2D eigenvalue weighted by Gasteiger charge is -2.24. The monoisotopic (exact) mass is 356 g/mol. The largest absolute Gasteiger partial charge is 0.329 e. The summed E-state index contributed by atoms with van der Waals surface area (Å²) < 4.78 is 24.6. The Morgan fingerprint density at radius 1 is 0.920 bits per heavy atom. The zero-order chi connectivity index (χ0) is 17.6. The fourth-order valence-electron chi connectivity index (χ4n) is 3.92. The summed E-state index contributed by atoms with van der Waals surface area (Å²) in [5.74, 6) is 0.0356. The summed E-state index contributed by atoms with van der Waals surface area (Å²) in [6.45, 7) is 2.04. The van der Waals surface area contributed by atoms with Crippen molar-refractivity contribution < 1.29 is 13.2 Å². The van der Waals surface area contributed by atoms with E-state index >= 15 is 0 Å². The Labute approximate surface area is 147 Å². The Hall–Kier alpha value is -2.34. The van der Waals surface area contributed by atoms with Crippen LogP contribution in [0.4, 0.5) is 16.2 Å². The molecule has 2 aliphatic rings. The SMILES string of the molecule is CCc1ccccc1N1C(=O)N(c2ccccc2)C2CS(=O)(=O)CC21. The average Bonchev–Trinajstić information content (AvgIpc) is 3.04. The molecule has 0 saturated carbocycles. The quantitative estimate of drug-likeness (QED) is 0.795. The minimum absolute atomic E-state index is 0.0170. The molecule has 2 heterocycles. The maximum Gasteiger partial charge on any atom is 0.329 e. The lowest BCUT2D eigenvalue weighted by molar-refractivity contribution is 0.255. The van der Waals surface area contributed by atoms with Crippen molar-refractivity contribution in [3.05, 3.63) is 60.2 Å². The van der Waals surface area contributed by atoms with Crippen molar-refractivity contribution >= 4 is 27.2 Å². The van der Waals surface area contributed by atoms with E-state index in [1.54, 1.807) is 9.80 Å². The molecular formula is C19H20N2O3S. The summed E-state index contributed by atoms with van der Waals surface area (Å²) in [7, 11) is -3.17. The fraction of sp³-hybridized carbons (Fsp3) is 0.316. The number of hydrogen-bond acceptors (Lipinski definition) is 3. The molecule has 25 heavy (non-hydrogen) atoms. The lowest BCUT2D eigenvalue weighted by atomic mass is 10.1. The number of aryl methyl sites for hydroxylation is 1. The van der Waals surface area contributed by atoms with E-state index in [0.29, 0.717) is 0 Å². The smallest absolute Gasteiger partial charge is 0.288 e. The van der Waals surface area contributed by atoms with Crippen LogP contribution in [0.15, 0.2) is 54.6 Å². The molecule has 0 radical (unpaired) electrons. The van der Waals surface area contributed by atoms with Gasteiger partial charge in [0.2, 0.25) is 0 Å². The molecule has 0 aliphatic carbocycles. The first kappa shape index (κ1) is 16.1. The molecule has 2 amide bonds. The first-order chi connectivity index (χ1) is 12.0. The maximum absolute atomic E-state index is 13.3. The van der Waals surface area contributed by atoms with Crippen LogP contribution in [-0.4, -0.2) is 38.0 Å². The predicted molar refractivity (Wildman–Crippen MR) is 98.8 cm³/mol. The van der Waals surface area contributed by atoms with Gasteiger partial charge in [0.25, 0.3) is 0 Å². The van der Waals surface area contributed by atoms with Gasteiger partial charge in [0.05, 0.1) is 23.6 Å². The lowest BCUT2D eigenvalue weighted by Crippen LogP contribution is -2.38. The zero-order valence-corrected chi connectivity index (χ0v) is 14.8. The first-order valence-corrected chi connectivity index (χ1v) is 10.3. The molecule has 2 aromatic rings. The maximum atomic E-state index is 13.3. The van der Waals surface area contributed by atoms with Gasteiger partial charge in [-0.3, -0.25) is 9.80 Å². The summed E-state index contributed by atoms with van der Waals surface area (Å²) in [4.78, 5) is 16.6. The van der Waals surface area contributed by atoms with E-state index in [9.17, 15) is 13.2 Å². The summed E-state index contributed by atoms with van der Waals surface area (Å²) in [5, 5.41) is 0. The highest BCUT2D eigenvalue weighted by molar-refractivity contribution is 7.91. The van der Waals surface area contributed by atoms with Crippen LogP contribution in [0.3, 0.4) is 0 Å². The number of rotatable bonds is 3. The van der Waals surface area contributed by atoms with Crippen molar-refractivity contribution in [3.63, 3.8) is 0 Å². The fourth-order valence-corrected chi connectivity index (χ4v) is 5.84. The topological polar surface area (TPSA) is 57.7 Å². The van der Waals surface area contributed by atoms with Crippen molar-refractivity contribution in [1.29, 1.82) is 0 Å². The van der Waals surface area contributed by atoms with Gasteiger partial charge < -0.3 is 0 Å². The number of fused-ring (bicyclic) bond motifs is 1. The van der Waals surface area contributed by atoms with Gasteiger partial charge in [-0.05, 0) is 30.2 Å². The minimum Gasteiger partial charge on any atom is -0.288 e. The highest BCUT2D eigenvalue weighted by Gasteiger charge is 2.54. The van der Waals surface area contributed by atoms with Gasteiger partial charge in [-0.25, -0.2) is 13.2 Å². The number of nitrogens with zero attached hydrogens (tertiary/aromatic N) is 2. The number of carbonyl (C=O) groups excluding carboxylic acids is 1. The molecule has 0 N–H and O–H groups in total. The highest BCUT2D eigenvalue weighted by Crippen LogP contribution is 2.39. The Morgan fingerprint density at radius 2 is 1.52 bits per heavy atom. The molecular weight excluding hydrogens is 336 g/mol. The molecule has 2 unspecified atom stereocenters. The third-order valence-electron chi connectivity index (χ3n) is 5.04. The molecule has 2 saturated heterocycles. The molecule has 0 aromatic heterocycles. The minimum atomic E-state index is -3.17. The van der Waals surface area contributed by atoms with Crippen molar-refractivity contribution in [3.8, 4) is 0 Å². The van der Waals surface area contributed by atoms with Crippen LogP contribution in [0.2, 0.25) is 0 Å². The number of urea groups is 1. The van der Waals surface area contributed by atoms with Gasteiger partial charge in [0, 0.05) is 11.4 Å². The van der Waals surface area contributed by atoms with Crippen molar-refractivity contribution in [2.24, 2.45) is 0 Å². The molecule has 6 heteroatoms. The Morgan fingerprint density at radius 3 is 2.20 bits per heavy atom. The van der Waals surface area contributed by atoms with Gasteiger partial charge in [0.1, 0.15) is 0 Å². The second-order valence-electron chi connectivity index (χ2n) is 6.55. The van der Waals surface area contributed by atoms with Crippen LogP contribution in [0.1, 0.15) is 12.5 Å². The first-order valence-electron chi connectivity index (χ1n) is 8.47. The van der Waals surface area contributed by atoms with Crippen LogP contribution in [0.5, 0.6) is 0 Å². The van der Waals surface area contributed by atoms with Crippen molar-refractivity contribution in [2.45, 2.75) is 25.4 Å². The number of para-hydroxylation sites is 2. The van der Waals surface area contributed by atoms with Crippen LogP contribution < -0.4 is 9.80 Å². The number of amides is 2. The number of sulfone groups is 1. The summed E-state index contributed by atoms with van der Waals surface area (Å²) in [6, 6.07) is 16.2. The van der Waals surface area contributed by atoms with Crippen LogP contribution in [0.25, 0.3) is 0 Å². The molecule has 2 aliphatic heterocycles. The van der Waals surface area contributed by atoms with E-state index < -0.39 is 9.84 Å². The van der Waals surface area contributed by atoms with Crippen LogP contribution in [-0.2, 0) is 16.3 Å². The van der Waals surface area contributed by atoms with Crippen LogP contribution >= 0.6 is 0 Å². The number of benzene rings is 2. The molecule has 130 valence electrons. The zero-order valence-electron chi connectivity index (χ0n) is 14.0. The van der Waals surface area contributed by atoms with Gasteiger partial charge in [-0.1, -0.05) is 43.3 Å². The Balaban J connectivity index is 1.84. The third-order valence-corrected chi connectivity index (χ3v) is 6.73. The van der Waals surface area contributed by atoms with Crippen molar-refractivity contribution in [1.82, 2.24) is 0 Å². The Bertz CT molecular complexity index is 911. The van der Waals surface area contributed by atoms with Crippen LogP contribution in [0, 0.1) is 0 Å². The summed E-state index contributed by atoms with van der Waals surface area (Å²) in [6.07, 6.45) is 0.787. The van der Waals surface area contributed by atoms with Gasteiger partial charge in [-0.2, -0.15) is 0 Å². The molecule has 4 rings (SSSR count). The number of carbonyl (C=O) groups is 1. The van der Waals surface area contributed by atoms with Gasteiger partial charge in [0.15, 0.2) is 9.84 Å². The summed E-state index contributed by atoms with van der Waals surface area (Å²) in [5.41, 5.74) is 2.62. The van der Waals surface area contributed by atoms with E-state index in [4.69, 9.17) is 0 Å². The van der Waals surface area contributed by atoms with E-state index in [-0.39, 0.29) is 29.6 Å². The second-order valence-corrected chi connectivity index (χ2v) is 8.71. The van der Waals surface area contributed by atoms with E-state index in [2.05, 4.69) is 0 Å². The third kappa shape index (κ3) is 2.61. The molecule has 2 atom stereocenters. The number of anilines is 2. The molecule has 0 spiro atoms. The molecule has 2 fully saturated rings. The number of hydrogen-bond donors (Lipinski definition) is 0. The molecule has 0 bridgehead atoms. The normalized spacial score (nSPS) is 24.6. The van der Waals surface area contributed by atoms with E-state index in [0.717, 1.165) is 23.4 Å². The molecule has 5 nitrogen and oxygen atoms in total.